The monoisotopic (exact) mass is 307 g/mol. The highest BCUT2D eigenvalue weighted by atomic mass is 32.2. The highest BCUT2D eigenvalue weighted by Crippen LogP contribution is 2.26. The molecule has 0 aliphatic heterocycles. The molecule has 21 heavy (non-hydrogen) atoms. The number of hydrogen-bond acceptors (Lipinski definition) is 4. The van der Waals surface area contributed by atoms with Gasteiger partial charge in [0.2, 0.25) is 5.91 Å². The molecule has 1 atom stereocenters. The lowest BCUT2D eigenvalue weighted by molar-refractivity contribution is -0.121. The summed E-state index contributed by atoms with van der Waals surface area (Å²) in [6, 6.07) is 5.66. The van der Waals surface area contributed by atoms with Gasteiger partial charge >= 0.3 is 0 Å². The van der Waals surface area contributed by atoms with E-state index in [2.05, 4.69) is 15.3 Å². The maximum atomic E-state index is 12.1. The number of aromatic amines is 1. The summed E-state index contributed by atoms with van der Waals surface area (Å²) in [7, 11) is 1.63. The predicted octanol–water partition coefficient (Wildman–Crippen LogP) is 2.97. The Morgan fingerprint density at radius 1 is 1.43 bits per heavy atom. The molecule has 1 amide bonds. The van der Waals surface area contributed by atoms with Crippen LogP contribution in [-0.4, -0.2) is 33.8 Å². The number of fused-ring (bicyclic) bond motifs is 1. The molecule has 6 heteroatoms. The van der Waals surface area contributed by atoms with Crippen molar-refractivity contribution in [2.45, 2.75) is 43.6 Å². The van der Waals surface area contributed by atoms with E-state index < -0.39 is 0 Å². The van der Waals surface area contributed by atoms with E-state index in [-0.39, 0.29) is 16.7 Å². The largest absolute Gasteiger partial charge is 0.497 e. The second-order valence-electron chi connectivity index (χ2n) is 5.92. The molecule has 2 N–H and O–H groups in total. The summed E-state index contributed by atoms with van der Waals surface area (Å²) in [6.45, 7) is 7.78. The van der Waals surface area contributed by atoms with Gasteiger partial charge in [0.25, 0.3) is 0 Å². The number of rotatable bonds is 4. The van der Waals surface area contributed by atoms with Gasteiger partial charge in [0.1, 0.15) is 5.75 Å². The van der Waals surface area contributed by atoms with Crippen molar-refractivity contribution in [3.63, 3.8) is 0 Å². The van der Waals surface area contributed by atoms with Crippen LogP contribution in [0.25, 0.3) is 11.0 Å². The molecule has 0 saturated carbocycles. The summed E-state index contributed by atoms with van der Waals surface area (Å²) >= 11 is 1.41. The number of ether oxygens (including phenoxy) is 1. The maximum absolute atomic E-state index is 12.1. The van der Waals surface area contributed by atoms with Gasteiger partial charge in [-0.1, -0.05) is 11.8 Å². The highest BCUT2D eigenvalue weighted by Gasteiger charge is 2.21. The average Bonchev–Trinajstić information content (AvgIpc) is 2.77. The van der Waals surface area contributed by atoms with Crippen LogP contribution in [0.3, 0.4) is 0 Å². The van der Waals surface area contributed by atoms with Crippen molar-refractivity contribution in [3.8, 4) is 5.75 Å². The van der Waals surface area contributed by atoms with E-state index in [9.17, 15) is 4.79 Å². The first kappa shape index (κ1) is 15.7. The van der Waals surface area contributed by atoms with Gasteiger partial charge < -0.3 is 15.0 Å². The van der Waals surface area contributed by atoms with Crippen LogP contribution in [0.2, 0.25) is 0 Å². The van der Waals surface area contributed by atoms with Crippen LogP contribution in [0.4, 0.5) is 0 Å². The molecule has 1 aromatic heterocycles. The molecular weight excluding hydrogens is 286 g/mol. The number of amides is 1. The van der Waals surface area contributed by atoms with Crippen LogP contribution in [0, 0.1) is 0 Å². The number of aromatic nitrogens is 2. The molecule has 1 aromatic carbocycles. The third-order valence-electron chi connectivity index (χ3n) is 2.82. The van der Waals surface area contributed by atoms with Crippen LogP contribution in [0.5, 0.6) is 5.75 Å². The Hall–Kier alpha value is -1.69. The number of carbonyl (C=O) groups excluding carboxylic acids is 1. The Labute approximate surface area is 128 Å². The van der Waals surface area contributed by atoms with E-state index in [4.69, 9.17) is 4.74 Å². The fraction of sp³-hybridized carbons (Fsp3) is 0.467. The Kier molecular flexibility index (Phi) is 4.46. The van der Waals surface area contributed by atoms with Crippen molar-refractivity contribution in [3.05, 3.63) is 18.2 Å². The quantitative estimate of drug-likeness (QED) is 0.852. The van der Waals surface area contributed by atoms with Crippen LogP contribution >= 0.6 is 11.8 Å². The summed E-state index contributed by atoms with van der Waals surface area (Å²) in [5.41, 5.74) is 1.54. The molecule has 2 aromatic rings. The minimum atomic E-state index is -0.229. The molecule has 0 fully saturated rings. The van der Waals surface area contributed by atoms with E-state index in [1.165, 1.54) is 11.8 Å². The number of hydrogen-bond donors (Lipinski definition) is 2. The van der Waals surface area contributed by atoms with Gasteiger partial charge in [-0.05, 0) is 39.8 Å². The van der Waals surface area contributed by atoms with Crippen LogP contribution in [0.15, 0.2) is 23.4 Å². The summed E-state index contributed by atoms with van der Waals surface area (Å²) in [4.78, 5) is 19.8. The van der Waals surface area contributed by atoms with Gasteiger partial charge in [0, 0.05) is 11.6 Å². The molecule has 0 saturated heterocycles. The van der Waals surface area contributed by atoms with Gasteiger partial charge in [0.05, 0.1) is 23.4 Å². The van der Waals surface area contributed by atoms with Gasteiger partial charge in [-0.15, -0.1) is 0 Å². The van der Waals surface area contributed by atoms with Crippen molar-refractivity contribution in [2.75, 3.05) is 7.11 Å². The number of methoxy groups -OCH3 is 1. The minimum absolute atomic E-state index is 0.00513. The Bertz CT molecular complexity index is 646. The summed E-state index contributed by atoms with van der Waals surface area (Å²) in [5.74, 6) is 0.784. The zero-order valence-corrected chi connectivity index (χ0v) is 13.8. The molecule has 0 bridgehead atoms. The van der Waals surface area contributed by atoms with E-state index in [1.807, 2.05) is 45.9 Å². The van der Waals surface area contributed by atoms with E-state index in [0.717, 1.165) is 21.9 Å². The van der Waals surface area contributed by atoms with Gasteiger partial charge in [-0.25, -0.2) is 4.98 Å². The summed E-state index contributed by atoms with van der Waals surface area (Å²) < 4.78 is 5.19. The summed E-state index contributed by atoms with van der Waals surface area (Å²) in [5, 5.41) is 3.48. The SMILES string of the molecule is COc1ccc2nc(S[C@@H](C)C(=O)NC(C)(C)C)[nH]c2c1. The molecule has 0 unspecified atom stereocenters. The van der Waals surface area contributed by atoms with E-state index in [1.54, 1.807) is 7.11 Å². The van der Waals surface area contributed by atoms with E-state index >= 15 is 0 Å². The third-order valence-corrected chi connectivity index (χ3v) is 3.81. The lowest BCUT2D eigenvalue weighted by atomic mass is 10.1. The zero-order chi connectivity index (χ0) is 15.6. The highest BCUT2D eigenvalue weighted by molar-refractivity contribution is 8.00. The predicted molar refractivity (Wildman–Crippen MR) is 85.9 cm³/mol. The first-order valence-electron chi connectivity index (χ1n) is 6.81. The van der Waals surface area contributed by atoms with Crippen LogP contribution < -0.4 is 10.1 Å². The average molecular weight is 307 g/mol. The van der Waals surface area contributed by atoms with Crippen molar-refractivity contribution in [1.29, 1.82) is 0 Å². The van der Waals surface area contributed by atoms with Crippen LogP contribution in [0.1, 0.15) is 27.7 Å². The topological polar surface area (TPSA) is 67.0 Å². The Morgan fingerprint density at radius 3 is 2.76 bits per heavy atom. The number of imidazole rings is 1. The molecule has 0 aliphatic carbocycles. The van der Waals surface area contributed by atoms with Gasteiger partial charge in [-0.3, -0.25) is 4.79 Å². The van der Waals surface area contributed by atoms with Crippen molar-refractivity contribution in [2.24, 2.45) is 0 Å². The van der Waals surface area contributed by atoms with Gasteiger partial charge in [0.15, 0.2) is 5.16 Å². The first-order chi connectivity index (χ1) is 9.78. The molecule has 114 valence electrons. The van der Waals surface area contributed by atoms with Crippen molar-refractivity contribution in [1.82, 2.24) is 15.3 Å². The number of H-pyrrole nitrogens is 1. The fourth-order valence-electron chi connectivity index (χ4n) is 1.84. The standard InChI is InChI=1S/C15H21N3O2S/c1-9(13(19)18-15(2,3)4)21-14-16-11-7-6-10(20-5)8-12(11)17-14/h6-9H,1-5H3,(H,16,17)(H,18,19)/t9-/m0/s1. The second kappa shape index (κ2) is 5.97. The second-order valence-corrected chi connectivity index (χ2v) is 7.25. The third kappa shape index (κ3) is 4.14. The molecule has 2 rings (SSSR count). The smallest absolute Gasteiger partial charge is 0.233 e. The normalized spacial score (nSPS) is 13.2. The lowest BCUT2D eigenvalue weighted by Crippen LogP contribution is -2.44. The number of carbonyl (C=O) groups is 1. The maximum Gasteiger partial charge on any atom is 0.233 e. The molecule has 0 radical (unpaired) electrons. The number of benzene rings is 1. The minimum Gasteiger partial charge on any atom is -0.497 e. The molecular formula is C15H21N3O2S. The number of nitrogens with one attached hydrogen (secondary N) is 2. The van der Waals surface area contributed by atoms with Gasteiger partial charge in [-0.2, -0.15) is 0 Å². The Balaban J connectivity index is 2.10. The first-order valence-corrected chi connectivity index (χ1v) is 7.69. The van der Waals surface area contributed by atoms with Crippen molar-refractivity contribution < 1.29 is 9.53 Å². The van der Waals surface area contributed by atoms with E-state index in [0.29, 0.717) is 0 Å². The number of nitrogens with zero attached hydrogens (tertiary/aromatic N) is 1. The number of thioether (sulfide) groups is 1. The lowest BCUT2D eigenvalue weighted by Gasteiger charge is -2.22. The molecule has 0 aliphatic rings. The Morgan fingerprint density at radius 2 is 2.14 bits per heavy atom. The summed E-state index contributed by atoms with van der Waals surface area (Å²) in [6.07, 6.45) is 0. The molecule has 5 nitrogen and oxygen atoms in total. The van der Waals surface area contributed by atoms with Crippen molar-refractivity contribution >= 4 is 28.7 Å². The zero-order valence-electron chi connectivity index (χ0n) is 13.0. The molecule has 0 spiro atoms. The van der Waals surface area contributed by atoms with Crippen LogP contribution in [-0.2, 0) is 4.79 Å². The fourth-order valence-corrected chi connectivity index (χ4v) is 2.66. The molecule has 1 heterocycles.